The van der Waals surface area contributed by atoms with Crippen LogP contribution in [0.1, 0.15) is 68.7 Å². The van der Waals surface area contributed by atoms with Crippen molar-refractivity contribution in [1.29, 1.82) is 0 Å². The fourth-order valence-corrected chi connectivity index (χ4v) is 8.56. The Hall–Kier alpha value is -1.92. The summed E-state index contributed by atoms with van der Waals surface area (Å²) in [6, 6.07) is -1.24. The highest BCUT2D eigenvalue weighted by molar-refractivity contribution is 6.90. The van der Waals surface area contributed by atoms with Gasteiger partial charge in [-0.15, -0.1) is 5.54 Å². The lowest BCUT2D eigenvalue weighted by Crippen LogP contribution is -2.49. The Bertz CT molecular complexity index is 617. The third kappa shape index (κ3) is 8.09. The molecule has 0 fully saturated rings. The predicted octanol–water partition coefficient (Wildman–Crippen LogP) is 3.24. The monoisotopic (exact) mass is 392 g/mol. The fourth-order valence-electron chi connectivity index (χ4n) is 3.41. The number of carboxylic acids is 1. The standard InChI is InChI=1S/C21H35NO4Si/c1-15(2)27(16(3)4,17(5)6)14-12-10-11-13-18(19(23)24)22-20(25)26-21(7,8)9/h15-18H,13H2,1-9H3,(H,22,25)(H,23,24)/p-1/t18-/m0/s1. The second-order valence-corrected chi connectivity index (χ2v) is 14.3. The molecular weight excluding hydrogens is 358 g/mol. The third-order valence-corrected chi connectivity index (χ3v) is 10.9. The quantitative estimate of drug-likeness (QED) is 0.556. The summed E-state index contributed by atoms with van der Waals surface area (Å²) in [6.07, 6.45) is -0.897. The first-order valence-electron chi connectivity index (χ1n) is 9.44. The van der Waals surface area contributed by atoms with E-state index in [9.17, 15) is 14.7 Å². The van der Waals surface area contributed by atoms with E-state index in [0.29, 0.717) is 16.6 Å². The first-order valence-corrected chi connectivity index (χ1v) is 11.7. The molecule has 0 aliphatic rings. The largest absolute Gasteiger partial charge is 0.548 e. The minimum atomic E-state index is -1.86. The van der Waals surface area contributed by atoms with E-state index >= 15 is 0 Å². The number of carbonyl (C=O) groups excluding carboxylic acids is 2. The second-order valence-electron chi connectivity index (χ2n) is 8.67. The molecule has 0 bridgehead atoms. The maximum absolute atomic E-state index is 11.7. The molecule has 1 amide bonds. The van der Waals surface area contributed by atoms with Gasteiger partial charge in [0.05, 0.1) is 12.0 Å². The van der Waals surface area contributed by atoms with Gasteiger partial charge in [-0.3, -0.25) is 0 Å². The van der Waals surface area contributed by atoms with Crippen LogP contribution in [-0.2, 0) is 9.53 Å². The van der Waals surface area contributed by atoms with E-state index in [1.165, 1.54) is 0 Å². The van der Waals surface area contributed by atoms with E-state index in [-0.39, 0.29) is 6.42 Å². The van der Waals surface area contributed by atoms with Gasteiger partial charge in [-0.1, -0.05) is 47.5 Å². The van der Waals surface area contributed by atoms with E-state index in [2.05, 4.69) is 70.2 Å². The molecule has 0 aliphatic heterocycles. The van der Waals surface area contributed by atoms with Crippen LogP contribution in [0.2, 0.25) is 16.6 Å². The highest BCUT2D eigenvalue weighted by Gasteiger charge is 2.41. The number of rotatable bonds is 6. The Kier molecular flexibility index (Phi) is 9.68. The van der Waals surface area contributed by atoms with Gasteiger partial charge in [0.25, 0.3) is 0 Å². The summed E-state index contributed by atoms with van der Waals surface area (Å²) in [5.74, 6) is 7.03. The molecule has 0 aromatic carbocycles. The SMILES string of the molecule is CC(C)[Si](C#CC#CC[C@H](NC(=O)OC(C)(C)C)C(=O)[O-])(C(C)C)C(C)C. The normalized spacial score (nSPS) is 12.7. The number of hydrogen-bond donors (Lipinski definition) is 1. The van der Waals surface area contributed by atoms with Crippen molar-refractivity contribution in [3.05, 3.63) is 0 Å². The van der Waals surface area contributed by atoms with Crippen LogP contribution in [0.4, 0.5) is 4.79 Å². The van der Waals surface area contributed by atoms with Crippen LogP contribution in [-0.4, -0.2) is 31.8 Å². The number of alkyl carbamates (subject to hydrolysis) is 1. The average molecular weight is 393 g/mol. The molecule has 0 heterocycles. The zero-order chi connectivity index (χ0) is 21.4. The van der Waals surface area contributed by atoms with Crippen LogP contribution in [0, 0.1) is 23.3 Å². The number of ether oxygens (including phenoxy) is 1. The van der Waals surface area contributed by atoms with Crippen molar-refractivity contribution in [2.45, 2.75) is 97.0 Å². The van der Waals surface area contributed by atoms with E-state index in [1.807, 2.05) is 0 Å². The summed E-state index contributed by atoms with van der Waals surface area (Å²) in [7, 11) is -1.86. The molecule has 0 aliphatic carbocycles. The van der Waals surface area contributed by atoms with Crippen LogP contribution in [0.25, 0.3) is 0 Å². The topological polar surface area (TPSA) is 78.5 Å². The molecule has 0 saturated heterocycles. The van der Waals surface area contributed by atoms with Gasteiger partial charge >= 0.3 is 6.09 Å². The number of carbonyl (C=O) groups is 2. The molecule has 0 aromatic heterocycles. The zero-order valence-corrected chi connectivity index (χ0v) is 19.1. The molecule has 0 spiro atoms. The summed E-state index contributed by atoms with van der Waals surface area (Å²) < 4.78 is 5.06. The van der Waals surface area contributed by atoms with E-state index in [0.717, 1.165) is 0 Å². The molecule has 1 atom stereocenters. The molecule has 27 heavy (non-hydrogen) atoms. The molecular formula is C21H34NO4Si-. The van der Waals surface area contributed by atoms with Crippen molar-refractivity contribution in [3.8, 4) is 23.3 Å². The first kappa shape index (κ1) is 25.1. The molecule has 152 valence electrons. The Morgan fingerprint density at radius 3 is 1.85 bits per heavy atom. The van der Waals surface area contributed by atoms with Crippen LogP contribution < -0.4 is 10.4 Å². The van der Waals surface area contributed by atoms with Gasteiger partial charge in [0.1, 0.15) is 13.7 Å². The first-order chi connectivity index (χ1) is 12.2. The van der Waals surface area contributed by atoms with Crippen molar-refractivity contribution in [1.82, 2.24) is 5.32 Å². The molecule has 6 heteroatoms. The lowest BCUT2D eigenvalue weighted by molar-refractivity contribution is -0.308. The van der Waals surface area contributed by atoms with Gasteiger partial charge in [-0.05, 0) is 49.2 Å². The fraction of sp³-hybridized carbons (Fsp3) is 0.714. The van der Waals surface area contributed by atoms with E-state index in [1.54, 1.807) is 20.8 Å². The van der Waals surface area contributed by atoms with Crippen LogP contribution in [0.3, 0.4) is 0 Å². The van der Waals surface area contributed by atoms with Gasteiger partial charge in [-0.25, -0.2) is 4.79 Å². The number of hydrogen-bond acceptors (Lipinski definition) is 4. The summed E-state index contributed by atoms with van der Waals surface area (Å²) in [4.78, 5) is 22.9. The van der Waals surface area contributed by atoms with Gasteiger partial charge < -0.3 is 20.0 Å². The van der Waals surface area contributed by atoms with E-state index < -0.39 is 31.8 Å². The van der Waals surface area contributed by atoms with Crippen molar-refractivity contribution in [2.75, 3.05) is 0 Å². The average Bonchev–Trinajstić information content (AvgIpc) is 2.46. The van der Waals surface area contributed by atoms with Crippen molar-refractivity contribution >= 4 is 20.1 Å². The molecule has 0 aromatic rings. The van der Waals surface area contributed by atoms with Crippen LogP contribution >= 0.6 is 0 Å². The molecule has 0 radical (unpaired) electrons. The van der Waals surface area contributed by atoms with Crippen molar-refractivity contribution < 1.29 is 19.4 Å². The van der Waals surface area contributed by atoms with Crippen molar-refractivity contribution in [3.63, 3.8) is 0 Å². The Morgan fingerprint density at radius 1 is 1.00 bits per heavy atom. The Labute approximate surface area is 165 Å². The summed E-state index contributed by atoms with van der Waals surface area (Å²) >= 11 is 0. The van der Waals surface area contributed by atoms with Gasteiger partial charge in [-0.2, -0.15) is 0 Å². The molecule has 0 rings (SSSR count). The summed E-state index contributed by atoms with van der Waals surface area (Å²) in [6.45, 7) is 18.4. The highest BCUT2D eigenvalue weighted by Crippen LogP contribution is 2.40. The zero-order valence-electron chi connectivity index (χ0n) is 18.1. The maximum atomic E-state index is 11.7. The highest BCUT2D eigenvalue weighted by atomic mass is 28.3. The van der Waals surface area contributed by atoms with Gasteiger partial charge in [0.2, 0.25) is 0 Å². The molecule has 1 N–H and O–H groups in total. The minimum Gasteiger partial charge on any atom is -0.548 e. The number of carboxylic acid groups (broad SMARTS) is 1. The smallest absolute Gasteiger partial charge is 0.408 e. The van der Waals surface area contributed by atoms with Gasteiger partial charge in [0, 0.05) is 6.42 Å². The summed E-state index contributed by atoms with van der Waals surface area (Å²) in [5, 5.41) is 13.5. The summed E-state index contributed by atoms with van der Waals surface area (Å²) in [5.41, 5.74) is 4.23. The van der Waals surface area contributed by atoms with Crippen molar-refractivity contribution in [2.24, 2.45) is 0 Å². The number of amides is 1. The van der Waals surface area contributed by atoms with E-state index in [4.69, 9.17) is 4.74 Å². The second kappa shape index (κ2) is 10.4. The number of nitrogens with one attached hydrogen (secondary N) is 1. The molecule has 0 unspecified atom stereocenters. The number of aliphatic carboxylic acids is 1. The van der Waals surface area contributed by atoms with Gasteiger partial charge in [0.15, 0.2) is 0 Å². The minimum absolute atomic E-state index is 0.0875. The lowest BCUT2D eigenvalue weighted by Gasteiger charge is -2.37. The third-order valence-electron chi connectivity index (χ3n) is 4.58. The Morgan fingerprint density at radius 2 is 1.48 bits per heavy atom. The molecule has 0 saturated carbocycles. The van der Waals surface area contributed by atoms with Crippen LogP contribution in [0.5, 0.6) is 0 Å². The van der Waals surface area contributed by atoms with Crippen LogP contribution in [0.15, 0.2) is 0 Å². The lowest BCUT2D eigenvalue weighted by atomic mass is 10.2. The maximum Gasteiger partial charge on any atom is 0.408 e. The molecule has 5 nitrogen and oxygen atoms in total. The predicted molar refractivity (Wildman–Crippen MR) is 109 cm³/mol. The Balaban J connectivity index is 5.21.